The van der Waals surface area contributed by atoms with E-state index in [1.54, 1.807) is 14.2 Å². The molecule has 0 aromatic heterocycles. The molecule has 2 aromatic rings. The van der Waals surface area contributed by atoms with Crippen molar-refractivity contribution in [3.63, 3.8) is 0 Å². The zero-order valence-electron chi connectivity index (χ0n) is 17.1. The number of rotatable bonds is 5. The molecule has 154 valence electrons. The first kappa shape index (κ1) is 22.8. The molecule has 0 unspecified atom stereocenters. The average molecular weight is 506 g/mol. The van der Waals surface area contributed by atoms with Crippen molar-refractivity contribution in [1.82, 2.24) is 10.2 Å². The summed E-state index contributed by atoms with van der Waals surface area (Å²) in [6, 6.07) is 13.8. The Labute approximate surface area is 189 Å². The van der Waals surface area contributed by atoms with Crippen LogP contribution in [0.1, 0.15) is 29.2 Å². The lowest BCUT2D eigenvalue weighted by Crippen LogP contribution is -2.44. The van der Waals surface area contributed by atoms with E-state index in [0.29, 0.717) is 12.1 Å². The minimum atomic E-state index is 0. The average Bonchev–Trinajstić information content (AvgIpc) is 2.75. The summed E-state index contributed by atoms with van der Waals surface area (Å²) in [5.74, 6) is 2.42. The molecule has 0 radical (unpaired) electrons. The molecule has 0 fully saturated rings. The van der Waals surface area contributed by atoms with E-state index in [1.165, 1.54) is 11.1 Å². The summed E-state index contributed by atoms with van der Waals surface area (Å²) in [5.41, 5.74) is 4.26. The number of methoxy groups -OCH3 is 2. The van der Waals surface area contributed by atoms with Gasteiger partial charge in [0.2, 0.25) is 0 Å². The van der Waals surface area contributed by atoms with Crippen molar-refractivity contribution >= 4 is 29.9 Å². The van der Waals surface area contributed by atoms with Gasteiger partial charge in [-0.2, -0.15) is 5.26 Å². The Morgan fingerprint density at radius 3 is 2.38 bits per heavy atom. The molecular formula is C22H27IN4O2. The lowest BCUT2D eigenvalue weighted by molar-refractivity contribution is 0.346. The molecule has 0 amide bonds. The van der Waals surface area contributed by atoms with Gasteiger partial charge in [-0.1, -0.05) is 12.1 Å². The number of fused-ring (bicyclic) bond motifs is 1. The molecule has 1 N–H and O–H groups in total. The summed E-state index contributed by atoms with van der Waals surface area (Å²) in [4.78, 5) is 7.07. The number of nitriles is 1. The third-order valence-corrected chi connectivity index (χ3v) is 4.85. The van der Waals surface area contributed by atoms with Crippen molar-refractivity contribution < 1.29 is 9.47 Å². The summed E-state index contributed by atoms with van der Waals surface area (Å²) >= 11 is 0. The molecule has 3 rings (SSSR count). The van der Waals surface area contributed by atoms with Crippen molar-refractivity contribution in [2.75, 3.05) is 27.3 Å². The van der Waals surface area contributed by atoms with Crippen molar-refractivity contribution in [1.29, 1.82) is 5.26 Å². The Hall–Kier alpha value is -2.47. The molecule has 1 aliphatic heterocycles. The first-order chi connectivity index (χ1) is 13.7. The predicted octanol–water partition coefficient (Wildman–Crippen LogP) is 3.72. The highest BCUT2D eigenvalue weighted by atomic mass is 127. The smallest absolute Gasteiger partial charge is 0.194 e. The molecule has 0 saturated heterocycles. The molecule has 1 aliphatic rings. The van der Waals surface area contributed by atoms with Crippen molar-refractivity contribution in [2.24, 2.45) is 4.99 Å². The summed E-state index contributed by atoms with van der Waals surface area (Å²) < 4.78 is 10.9. The number of nitrogens with one attached hydrogen (secondary N) is 1. The maximum absolute atomic E-state index is 8.93. The van der Waals surface area contributed by atoms with Crippen LogP contribution in [-0.4, -0.2) is 38.2 Å². The van der Waals surface area contributed by atoms with Crippen LogP contribution in [0.2, 0.25) is 0 Å². The fourth-order valence-electron chi connectivity index (χ4n) is 3.34. The number of aliphatic imine (C=N–C) groups is 1. The van der Waals surface area contributed by atoms with Crippen molar-refractivity contribution in [2.45, 2.75) is 26.4 Å². The van der Waals surface area contributed by atoms with Crippen LogP contribution in [-0.2, 0) is 19.5 Å². The largest absolute Gasteiger partial charge is 0.493 e. The number of hydrogen-bond acceptors (Lipinski definition) is 4. The first-order valence-corrected chi connectivity index (χ1v) is 9.44. The zero-order valence-corrected chi connectivity index (χ0v) is 19.4. The molecule has 0 aliphatic carbocycles. The van der Waals surface area contributed by atoms with Crippen LogP contribution in [0.4, 0.5) is 0 Å². The van der Waals surface area contributed by atoms with E-state index in [9.17, 15) is 0 Å². The minimum absolute atomic E-state index is 0. The molecule has 0 saturated carbocycles. The fourth-order valence-corrected chi connectivity index (χ4v) is 3.34. The Balaban J connectivity index is 0.00000300. The minimum Gasteiger partial charge on any atom is -0.493 e. The van der Waals surface area contributed by atoms with Gasteiger partial charge in [0.25, 0.3) is 0 Å². The van der Waals surface area contributed by atoms with Crippen LogP contribution in [0, 0.1) is 11.3 Å². The summed E-state index contributed by atoms with van der Waals surface area (Å²) in [6.07, 6.45) is 0.928. The maximum Gasteiger partial charge on any atom is 0.194 e. The van der Waals surface area contributed by atoms with E-state index in [4.69, 9.17) is 19.7 Å². The van der Waals surface area contributed by atoms with E-state index in [0.717, 1.165) is 49.1 Å². The van der Waals surface area contributed by atoms with Gasteiger partial charge in [0.15, 0.2) is 17.5 Å². The highest BCUT2D eigenvalue weighted by Gasteiger charge is 2.21. The SMILES string of the molecule is CCNC(=NCc1ccc(C#N)cc1)N1CCc2cc(OC)c(OC)cc2C1.I. The Morgan fingerprint density at radius 2 is 1.79 bits per heavy atom. The molecule has 0 bridgehead atoms. The third kappa shape index (κ3) is 5.54. The lowest BCUT2D eigenvalue weighted by Gasteiger charge is -2.32. The summed E-state index contributed by atoms with van der Waals surface area (Å²) in [5, 5.41) is 12.3. The number of nitrogens with zero attached hydrogens (tertiary/aromatic N) is 3. The second-order valence-corrected chi connectivity index (χ2v) is 6.63. The maximum atomic E-state index is 8.93. The Bertz CT molecular complexity index is 891. The van der Waals surface area contributed by atoms with E-state index in [2.05, 4.69) is 35.3 Å². The highest BCUT2D eigenvalue weighted by molar-refractivity contribution is 14.0. The van der Waals surface area contributed by atoms with Gasteiger partial charge in [-0.3, -0.25) is 0 Å². The second kappa shape index (κ2) is 10.9. The quantitative estimate of drug-likeness (QED) is 0.381. The third-order valence-electron chi connectivity index (χ3n) is 4.85. The molecule has 2 aromatic carbocycles. The first-order valence-electron chi connectivity index (χ1n) is 9.44. The molecule has 7 heteroatoms. The van der Waals surface area contributed by atoms with Crippen LogP contribution < -0.4 is 14.8 Å². The van der Waals surface area contributed by atoms with Crippen LogP contribution >= 0.6 is 24.0 Å². The van der Waals surface area contributed by atoms with E-state index < -0.39 is 0 Å². The van der Waals surface area contributed by atoms with Gasteiger partial charge in [0, 0.05) is 19.6 Å². The standard InChI is InChI=1S/C22H26N4O2.HI/c1-4-24-22(25-14-17-7-5-16(13-23)6-8-17)26-10-9-18-11-20(27-2)21(28-3)12-19(18)15-26;/h5-8,11-12H,4,9-10,14-15H2,1-3H3,(H,24,25);1H. The van der Waals surface area contributed by atoms with E-state index >= 15 is 0 Å². The monoisotopic (exact) mass is 506 g/mol. The van der Waals surface area contributed by atoms with Crippen molar-refractivity contribution in [3.8, 4) is 17.6 Å². The number of guanidine groups is 1. The lowest BCUT2D eigenvalue weighted by atomic mass is 9.99. The Morgan fingerprint density at radius 1 is 1.14 bits per heavy atom. The summed E-state index contributed by atoms with van der Waals surface area (Å²) in [7, 11) is 3.33. The van der Waals surface area contributed by atoms with Crippen LogP contribution in [0.15, 0.2) is 41.4 Å². The molecular weight excluding hydrogens is 479 g/mol. The van der Waals surface area contributed by atoms with Gasteiger partial charge in [-0.05, 0) is 54.3 Å². The fraction of sp³-hybridized carbons (Fsp3) is 0.364. The number of ether oxygens (including phenoxy) is 2. The Kier molecular flexibility index (Phi) is 8.58. The van der Waals surface area contributed by atoms with E-state index in [-0.39, 0.29) is 24.0 Å². The molecule has 0 spiro atoms. The molecule has 6 nitrogen and oxygen atoms in total. The van der Waals surface area contributed by atoms with Crippen LogP contribution in [0.5, 0.6) is 11.5 Å². The van der Waals surface area contributed by atoms with Gasteiger partial charge in [-0.25, -0.2) is 4.99 Å². The zero-order chi connectivity index (χ0) is 19.9. The normalized spacial score (nSPS) is 13.0. The summed E-state index contributed by atoms with van der Waals surface area (Å²) in [6.45, 7) is 5.12. The van der Waals surface area contributed by atoms with Gasteiger partial charge < -0.3 is 19.7 Å². The van der Waals surface area contributed by atoms with Gasteiger partial charge in [0.05, 0.1) is 32.4 Å². The molecule has 1 heterocycles. The number of hydrogen-bond donors (Lipinski definition) is 1. The number of benzene rings is 2. The van der Waals surface area contributed by atoms with Gasteiger partial charge in [-0.15, -0.1) is 24.0 Å². The number of halogens is 1. The van der Waals surface area contributed by atoms with Gasteiger partial charge in [0.1, 0.15) is 0 Å². The topological polar surface area (TPSA) is 69.9 Å². The van der Waals surface area contributed by atoms with Crippen LogP contribution in [0.25, 0.3) is 0 Å². The van der Waals surface area contributed by atoms with Gasteiger partial charge >= 0.3 is 0 Å². The second-order valence-electron chi connectivity index (χ2n) is 6.63. The molecule has 29 heavy (non-hydrogen) atoms. The molecule has 0 atom stereocenters. The van der Waals surface area contributed by atoms with Crippen molar-refractivity contribution in [3.05, 3.63) is 58.7 Å². The predicted molar refractivity (Wildman–Crippen MR) is 125 cm³/mol. The van der Waals surface area contributed by atoms with E-state index in [1.807, 2.05) is 24.3 Å². The highest BCUT2D eigenvalue weighted by Crippen LogP contribution is 2.33. The van der Waals surface area contributed by atoms with Crippen LogP contribution in [0.3, 0.4) is 0 Å².